The fourth-order valence-electron chi connectivity index (χ4n) is 3.90. The van der Waals surface area contributed by atoms with Crippen LogP contribution in [0.4, 0.5) is 11.5 Å². The molecule has 0 aliphatic heterocycles. The number of nitrogens with two attached hydrogens (primary N) is 1. The van der Waals surface area contributed by atoms with Gasteiger partial charge in [0.1, 0.15) is 5.56 Å². The summed E-state index contributed by atoms with van der Waals surface area (Å²) >= 11 is 5.93. The summed E-state index contributed by atoms with van der Waals surface area (Å²) in [7, 11) is 1.69. The van der Waals surface area contributed by atoms with E-state index < -0.39 is 5.91 Å². The van der Waals surface area contributed by atoms with E-state index >= 15 is 0 Å². The highest BCUT2D eigenvalue weighted by molar-refractivity contribution is 6.30. The molecule has 1 unspecified atom stereocenters. The van der Waals surface area contributed by atoms with E-state index in [0.29, 0.717) is 35.1 Å². The van der Waals surface area contributed by atoms with Gasteiger partial charge in [-0.05, 0) is 51.0 Å². The van der Waals surface area contributed by atoms with Gasteiger partial charge < -0.3 is 26.5 Å². The zero-order valence-corrected chi connectivity index (χ0v) is 18.3. The van der Waals surface area contributed by atoms with Crippen molar-refractivity contribution in [3.8, 4) is 0 Å². The second kappa shape index (κ2) is 9.16. The van der Waals surface area contributed by atoms with Gasteiger partial charge in [-0.1, -0.05) is 11.6 Å². The van der Waals surface area contributed by atoms with E-state index in [0.717, 1.165) is 18.5 Å². The molecule has 1 aromatic heterocycles. The summed E-state index contributed by atoms with van der Waals surface area (Å²) in [6, 6.07) is 7.10. The quantitative estimate of drug-likeness (QED) is 0.509. The van der Waals surface area contributed by atoms with Crippen LogP contribution in [0.1, 0.15) is 49.5 Å². The summed E-state index contributed by atoms with van der Waals surface area (Å²) in [5, 5.41) is 20.4. The molecule has 5 N–H and O–H groups in total. The number of primary amides is 1. The van der Waals surface area contributed by atoms with Crippen LogP contribution in [0.5, 0.6) is 0 Å². The van der Waals surface area contributed by atoms with Crippen molar-refractivity contribution in [2.24, 2.45) is 5.73 Å². The van der Waals surface area contributed by atoms with E-state index in [-0.39, 0.29) is 17.6 Å². The molecule has 162 valence electrons. The fraction of sp³-hybridized carbons (Fsp3) is 0.476. The largest absolute Gasteiger partial charge is 0.383 e. The van der Waals surface area contributed by atoms with E-state index in [4.69, 9.17) is 27.5 Å². The Balaban J connectivity index is 1.74. The van der Waals surface area contributed by atoms with E-state index in [1.807, 2.05) is 0 Å². The molecule has 1 amide bonds. The number of benzene rings is 1. The third-order valence-corrected chi connectivity index (χ3v) is 5.43. The van der Waals surface area contributed by atoms with E-state index in [9.17, 15) is 4.79 Å². The van der Waals surface area contributed by atoms with Gasteiger partial charge in [0.05, 0.1) is 12.6 Å². The van der Waals surface area contributed by atoms with Gasteiger partial charge in [-0.15, -0.1) is 0 Å². The minimum absolute atomic E-state index is 0.160. The van der Waals surface area contributed by atoms with Crippen LogP contribution in [0, 0.1) is 5.41 Å². The lowest BCUT2D eigenvalue weighted by Gasteiger charge is -2.36. The number of methoxy groups -OCH3 is 1. The van der Waals surface area contributed by atoms with Gasteiger partial charge >= 0.3 is 0 Å². The van der Waals surface area contributed by atoms with Gasteiger partial charge in [-0.2, -0.15) is 5.10 Å². The van der Waals surface area contributed by atoms with Crippen molar-refractivity contribution in [3.63, 3.8) is 0 Å². The second-order valence-electron chi connectivity index (χ2n) is 8.35. The minimum atomic E-state index is -0.569. The van der Waals surface area contributed by atoms with Gasteiger partial charge in [0, 0.05) is 47.7 Å². The Morgan fingerprint density at radius 1 is 1.37 bits per heavy atom. The first-order valence-corrected chi connectivity index (χ1v) is 10.3. The highest BCUT2D eigenvalue weighted by Gasteiger charge is 2.32. The molecule has 1 aliphatic rings. The molecule has 0 radical (unpaired) electrons. The average molecular weight is 433 g/mol. The molecule has 2 atom stereocenters. The van der Waals surface area contributed by atoms with Crippen molar-refractivity contribution in [1.82, 2.24) is 15.1 Å². The van der Waals surface area contributed by atoms with Crippen molar-refractivity contribution in [2.45, 2.75) is 50.7 Å². The highest BCUT2D eigenvalue weighted by atomic mass is 35.5. The Hall–Kier alpha value is -2.42. The van der Waals surface area contributed by atoms with Gasteiger partial charge in [-0.3, -0.25) is 9.48 Å². The van der Waals surface area contributed by atoms with Crippen molar-refractivity contribution in [1.29, 1.82) is 5.41 Å². The third-order valence-electron chi connectivity index (χ3n) is 5.18. The molecule has 30 heavy (non-hydrogen) atoms. The molecule has 8 nitrogen and oxygen atoms in total. The predicted molar refractivity (Wildman–Crippen MR) is 119 cm³/mol. The number of rotatable bonds is 8. The Labute approximate surface area is 181 Å². The summed E-state index contributed by atoms with van der Waals surface area (Å²) < 4.78 is 6.95. The molecule has 2 aromatic rings. The molecule has 1 heterocycles. The number of anilines is 2. The number of nitrogens with zero attached hydrogens (tertiary/aromatic N) is 2. The summed E-state index contributed by atoms with van der Waals surface area (Å²) in [4.78, 5) is 11.9. The summed E-state index contributed by atoms with van der Waals surface area (Å²) in [6.07, 6.45) is 3.89. The number of halogens is 1. The predicted octanol–water partition coefficient (Wildman–Crippen LogP) is 3.51. The number of hydrogen-bond donors (Lipinski definition) is 4. The number of nitrogens with one attached hydrogen (secondary N) is 3. The summed E-state index contributed by atoms with van der Waals surface area (Å²) in [6.45, 7) is 4.78. The van der Waals surface area contributed by atoms with Crippen molar-refractivity contribution >= 4 is 34.7 Å². The van der Waals surface area contributed by atoms with Crippen LogP contribution in [0.15, 0.2) is 30.5 Å². The van der Waals surface area contributed by atoms with E-state index in [1.54, 1.807) is 42.3 Å². The zero-order valence-electron chi connectivity index (χ0n) is 17.5. The molecular weight excluding hydrogens is 404 g/mol. The number of aromatic nitrogens is 2. The molecular formula is C21H29ClN6O2. The molecule has 0 bridgehead atoms. The van der Waals surface area contributed by atoms with Gasteiger partial charge in [-0.25, -0.2) is 0 Å². The average Bonchev–Trinajstić information content (AvgIpc) is 3.07. The second-order valence-corrected chi connectivity index (χ2v) is 8.78. The lowest BCUT2D eigenvalue weighted by molar-refractivity contribution is 0.100. The van der Waals surface area contributed by atoms with Crippen molar-refractivity contribution in [3.05, 3.63) is 41.0 Å². The number of carbonyl (C=O) groups excluding carboxylic acids is 1. The maximum absolute atomic E-state index is 11.9. The molecule has 3 rings (SSSR count). The number of carbonyl (C=O) groups is 1. The lowest BCUT2D eigenvalue weighted by atomic mass is 9.88. The summed E-state index contributed by atoms with van der Waals surface area (Å²) in [5.74, 6) is -0.194. The zero-order chi connectivity index (χ0) is 21.9. The Morgan fingerprint density at radius 3 is 2.67 bits per heavy atom. The van der Waals surface area contributed by atoms with Crippen LogP contribution in [0.25, 0.3) is 0 Å². The monoisotopic (exact) mass is 432 g/mol. The lowest BCUT2D eigenvalue weighted by Crippen LogP contribution is -2.51. The normalized spacial score (nSPS) is 19.7. The molecule has 1 fully saturated rings. The number of ether oxygens (including phenoxy) is 1. The highest BCUT2D eigenvalue weighted by Crippen LogP contribution is 2.29. The van der Waals surface area contributed by atoms with Crippen LogP contribution >= 0.6 is 11.6 Å². The first kappa shape index (κ1) is 22.3. The fourth-order valence-corrected chi connectivity index (χ4v) is 4.03. The van der Waals surface area contributed by atoms with Crippen molar-refractivity contribution in [2.75, 3.05) is 19.0 Å². The van der Waals surface area contributed by atoms with Crippen molar-refractivity contribution < 1.29 is 9.53 Å². The molecule has 1 saturated carbocycles. The maximum Gasteiger partial charge on any atom is 0.254 e. The Kier molecular flexibility index (Phi) is 6.80. The Bertz CT molecular complexity index is 909. The summed E-state index contributed by atoms with van der Waals surface area (Å²) in [5.41, 5.74) is 7.01. The topological polar surface area (TPSA) is 118 Å². The maximum atomic E-state index is 11.9. The number of amides is 1. The van der Waals surface area contributed by atoms with Gasteiger partial charge in [0.15, 0.2) is 5.82 Å². The first-order valence-electron chi connectivity index (χ1n) is 9.94. The molecule has 0 spiro atoms. The van der Waals surface area contributed by atoms with E-state index in [2.05, 4.69) is 29.6 Å². The van der Waals surface area contributed by atoms with Crippen LogP contribution in [-0.4, -0.2) is 46.7 Å². The van der Waals surface area contributed by atoms with Gasteiger partial charge in [0.25, 0.3) is 5.91 Å². The van der Waals surface area contributed by atoms with Crippen LogP contribution in [0.2, 0.25) is 5.02 Å². The SMILES string of the molecule is COCC(C)(C)N[C@H]1CCC(n2cc(C(N)=O)c(Nc3ccc(Cl)cc3)n2)C(=N)C1. The van der Waals surface area contributed by atoms with Crippen LogP contribution < -0.4 is 16.4 Å². The van der Waals surface area contributed by atoms with Crippen LogP contribution in [0.3, 0.4) is 0 Å². The number of hydrogen-bond acceptors (Lipinski definition) is 6. The standard InChI is InChI=1S/C21H29ClN6O2/c1-21(2,12-30-3)26-15-8-9-18(17(23)10-15)28-11-16(19(24)29)20(27-28)25-14-6-4-13(22)5-7-14/h4-7,11,15,18,23,26H,8-10,12H2,1-3H3,(H2,24,29)(H,25,27)/t15-,18?/m0/s1. The third kappa shape index (κ3) is 5.38. The molecule has 0 saturated heterocycles. The van der Waals surface area contributed by atoms with Gasteiger partial charge in [0.2, 0.25) is 0 Å². The molecule has 9 heteroatoms. The Morgan fingerprint density at radius 2 is 2.07 bits per heavy atom. The smallest absolute Gasteiger partial charge is 0.254 e. The first-order chi connectivity index (χ1) is 14.2. The van der Waals surface area contributed by atoms with Crippen LogP contribution in [-0.2, 0) is 4.74 Å². The molecule has 1 aromatic carbocycles. The molecule has 1 aliphatic carbocycles. The van der Waals surface area contributed by atoms with E-state index in [1.165, 1.54) is 0 Å². The minimum Gasteiger partial charge on any atom is -0.383 e.